The minimum absolute atomic E-state index is 0.0675. The van der Waals surface area contributed by atoms with Crippen LogP contribution in [0.3, 0.4) is 0 Å². The van der Waals surface area contributed by atoms with E-state index in [9.17, 15) is 19.5 Å². The quantitative estimate of drug-likeness (QED) is 0.632. The van der Waals surface area contributed by atoms with Gasteiger partial charge in [-0.3, -0.25) is 9.69 Å². The summed E-state index contributed by atoms with van der Waals surface area (Å²) in [6.45, 7) is 12.2. The molecule has 2 amide bonds. The Bertz CT molecular complexity index is 628. The van der Waals surface area contributed by atoms with Crippen LogP contribution in [0.25, 0.3) is 0 Å². The largest absolute Gasteiger partial charge is 0.444 e. The van der Waals surface area contributed by atoms with Crippen LogP contribution in [0.2, 0.25) is 0 Å². The number of carbonyl (C=O) groups is 3. The van der Waals surface area contributed by atoms with Gasteiger partial charge in [0, 0.05) is 13.1 Å². The van der Waals surface area contributed by atoms with Crippen LogP contribution < -0.4 is 0 Å². The van der Waals surface area contributed by atoms with Crippen LogP contribution in [-0.2, 0) is 14.3 Å². The number of hydrogen-bond acceptors (Lipinski definition) is 6. The number of hydrogen-bond donors (Lipinski definition) is 1. The molecule has 2 aliphatic rings. The molecule has 158 valence electrons. The number of amides is 2. The fraction of sp³-hybridized carbons (Fsp3) is 0.650. The summed E-state index contributed by atoms with van der Waals surface area (Å²) in [6.07, 6.45) is 5.21. The van der Waals surface area contributed by atoms with Crippen molar-refractivity contribution >= 4 is 18.0 Å². The first-order valence-corrected chi connectivity index (χ1v) is 9.27. The zero-order chi connectivity index (χ0) is 21.5. The van der Waals surface area contributed by atoms with Crippen LogP contribution in [0, 0.1) is 0 Å². The van der Waals surface area contributed by atoms with Crippen molar-refractivity contribution in [1.29, 1.82) is 0 Å². The Kier molecular flexibility index (Phi) is 8.23. The first kappa shape index (κ1) is 23.7. The topological polar surface area (TPSA) is 96.4 Å². The zero-order valence-electron chi connectivity index (χ0n) is 17.6. The molecule has 28 heavy (non-hydrogen) atoms. The van der Waals surface area contributed by atoms with Gasteiger partial charge in [0.15, 0.2) is 5.78 Å². The molecule has 1 atom stereocenters. The summed E-state index contributed by atoms with van der Waals surface area (Å²) in [5.74, 6) is -0.0675. The summed E-state index contributed by atoms with van der Waals surface area (Å²) in [6, 6.07) is 0. The van der Waals surface area contributed by atoms with Crippen molar-refractivity contribution in [1.82, 2.24) is 9.80 Å². The van der Waals surface area contributed by atoms with Crippen molar-refractivity contribution in [2.75, 3.05) is 26.2 Å². The van der Waals surface area contributed by atoms with E-state index in [1.54, 1.807) is 39.0 Å². The summed E-state index contributed by atoms with van der Waals surface area (Å²) < 4.78 is 10.3. The number of aliphatic hydroxyl groups excluding tert-OH is 1. The third-order valence-corrected chi connectivity index (χ3v) is 3.37. The molecule has 1 unspecified atom stereocenters. The molecule has 0 fully saturated rings. The van der Waals surface area contributed by atoms with Gasteiger partial charge in [-0.1, -0.05) is 18.2 Å². The summed E-state index contributed by atoms with van der Waals surface area (Å²) in [5, 5.41) is 9.29. The Morgan fingerprint density at radius 2 is 1.46 bits per heavy atom. The van der Waals surface area contributed by atoms with Gasteiger partial charge < -0.3 is 19.5 Å². The Morgan fingerprint density at radius 1 is 0.964 bits per heavy atom. The van der Waals surface area contributed by atoms with Gasteiger partial charge >= 0.3 is 12.2 Å². The Morgan fingerprint density at radius 3 is 1.93 bits per heavy atom. The maximum absolute atomic E-state index is 11.5. The van der Waals surface area contributed by atoms with Gasteiger partial charge in [-0.25, -0.2) is 9.59 Å². The lowest BCUT2D eigenvalue weighted by atomic mass is 10.2. The Labute approximate surface area is 166 Å². The molecule has 2 rings (SSSR count). The van der Waals surface area contributed by atoms with E-state index in [1.807, 2.05) is 20.8 Å². The molecule has 0 spiro atoms. The number of rotatable bonds is 0. The highest BCUT2D eigenvalue weighted by Crippen LogP contribution is 2.12. The fourth-order valence-corrected chi connectivity index (χ4v) is 2.26. The molecule has 8 heteroatoms. The standard InChI is InChI=1S/C10H17NO3.C10H15NO3/c2*1-10(2,3)14-9(13)11-6-4-5-8(12)7-11/h4-5,8,12H,6-7H2,1-3H3;4-5H,6-7H2,1-3H3. The van der Waals surface area contributed by atoms with E-state index in [2.05, 4.69) is 0 Å². The highest BCUT2D eigenvalue weighted by atomic mass is 16.6. The summed E-state index contributed by atoms with van der Waals surface area (Å²) in [7, 11) is 0. The molecule has 1 N–H and O–H groups in total. The number of ether oxygens (including phenoxy) is 2. The smallest absolute Gasteiger partial charge is 0.410 e. The molecule has 0 aromatic heterocycles. The molecule has 0 aliphatic carbocycles. The molecule has 2 aliphatic heterocycles. The lowest BCUT2D eigenvalue weighted by Crippen LogP contribution is -2.42. The van der Waals surface area contributed by atoms with Crippen molar-refractivity contribution in [3.63, 3.8) is 0 Å². The minimum Gasteiger partial charge on any atom is -0.444 e. The van der Waals surface area contributed by atoms with Crippen LogP contribution in [0.4, 0.5) is 9.59 Å². The predicted molar refractivity (Wildman–Crippen MR) is 105 cm³/mol. The summed E-state index contributed by atoms with van der Waals surface area (Å²) >= 11 is 0. The van der Waals surface area contributed by atoms with E-state index >= 15 is 0 Å². The van der Waals surface area contributed by atoms with E-state index in [0.717, 1.165) is 0 Å². The van der Waals surface area contributed by atoms with Crippen molar-refractivity contribution < 1.29 is 29.0 Å². The minimum atomic E-state index is -0.573. The zero-order valence-corrected chi connectivity index (χ0v) is 17.6. The van der Waals surface area contributed by atoms with Gasteiger partial charge in [0.1, 0.15) is 11.2 Å². The summed E-state index contributed by atoms with van der Waals surface area (Å²) in [4.78, 5) is 36.9. The van der Waals surface area contributed by atoms with Gasteiger partial charge in [-0.05, 0) is 47.6 Å². The van der Waals surface area contributed by atoms with Crippen LogP contribution >= 0.6 is 0 Å². The average Bonchev–Trinajstić information content (AvgIpc) is 2.52. The molecule has 0 bridgehead atoms. The number of nitrogens with zero attached hydrogens (tertiary/aromatic N) is 2. The molecule has 0 aromatic carbocycles. The normalized spacial score (nSPS) is 19.7. The van der Waals surface area contributed by atoms with Crippen LogP contribution in [-0.4, -0.2) is 76.4 Å². The van der Waals surface area contributed by atoms with Gasteiger partial charge in [0.2, 0.25) is 0 Å². The lowest BCUT2D eigenvalue weighted by molar-refractivity contribution is -0.116. The Balaban J connectivity index is 0.000000280. The second-order valence-corrected chi connectivity index (χ2v) is 8.61. The number of β-amino-alcohol motifs (C(OH)–C–C–N with tert-alkyl or cyclic N) is 1. The van der Waals surface area contributed by atoms with Crippen molar-refractivity contribution in [2.24, 2.45) is 0 Å². The maximum atomic E-state index is 11.5. The van der Waals surface area contributed by atoms with Gasteiger partial charge in [0.25, 0.3) is 0 Å². The molecular formula is C20H32N2O6. The molecule has 0 aromatic rings. The molecule has 0 radical (unpaired) electrons. The number of carbonyl (C=O) groups excluding carboxylic acids is 3. The van der Waals surface area contributed by atoms with Gasteiger partial charge in [-0.15, -0.1) is 0 Å². The van der Waals surface area contributed by atoms with Crippen molar-refractivity contribution in [3.8, 4) is 0 Å². The third kappa shape index (κ3) is 9.55. The molecule has 2 heterocycles. The van der Waals surface area contributed by atoms with E-state index in [0.29, 0.717) is 19.6 Å². The van der Waals surface area contributed by atoms with E-state index < -0.39 is 23.4 Å². The second kappa shape index (κ2) is 9.73. The first-order chi connectivity index (χ1) is 12.8. The van der Waals surface area contributed by atoms with Crippen molar-refractivity contribution in [2.45, 2.75) is 58.8 Å². The average molecular weight is 396 g/mol. The molecule has 8 nitrogen and oxygen atoms in total. The third-order valence-electron chi connectivity index (χ3n) is 3.37. The highest BCUT2D eigenvalue weighted by Gasteiger charge is 2.25. The number of ketones is 1. The highest BCUT2D eigenvalue weighted by molar-refractivity contribution is 5.94. The maximum Gasteiger partial charge on any atom is 0.410 e. The van der Waals surface area contributed by atoms with Crippen molar-refractivity contribution in [3.05, 3.63) is 24.3 Å². The Hall–Kier alpha value is -2.35. The fourth-order valence-electron chi connectivity index (χ4n) is 2.26. The van der Waals surface area contributed by atoms with E-state index in [4.69, 9.17) is 9.47 Å². The number of aliphatic hydroxyl groups is 1. The van der Waals surface area contributed by atoms with E-state index in [1.165, 1.54) is 15.9 Å². The van der Waals surface area contributed by atoms with Crippen LogP contribution in [0.1, 0.15) is 41.5 Å². The van der Waals surface area contributed by atoms with Gasteiger partial charge in [0.05, 0.1) is 19.2 Å². The lowest BCUT2D eigenvalue weighted by Gasteiger charge is -2.29. The van der Waals surface area contributed by atoms with Gasteiger partial charge in [-0.2, -0.15) is 0 Å². The second-order valence-electron chi connectivity index (χ2n) is 8.61. The van der Waals surface area contributed by atoms with Crippen LogP contribution in [0.15, 0.2) is 24.3 Å². The molecule has 0 saturated carbocycles. The first-order valence-electron chi connectivity index (χ1n) is 9.27. The molecule has 0 saturated heterocycles. The van der Waals surface area contributed by atoms with Crippen LogP contribution in [0.5, 0.6) is 0 Å². The monoisotopic (exact) mass is 396 g/mol. The SMILES string of the molecule is CC(C)(C)OC(=O)N1CC=CC(=O)C1.CC(C)(C)OC(=O)N1CC=CC(O)C1. The summed E-state index contributed by atoms with van der Waals surface area (Å²) in [5.41, 5.74) is -0.996. The van der Waals surface area contributed by atoms with E-state index in [-0.39, 0.29) is 18.4 Å². The predicted octanol–water partition coefficient (Wildman–Crippen LogP) is 2.52. The molecular weight excluding hydrogens is 364 g/mol.